The first-order valence-corrected chi connectivity index (χ1v) is 11.0. The van der Waals surface area contributed by atoms with Crippen molar-refractivity contribution in [3.8, 4) is 0 Å². The number of hydrogen-bond acceptors (Lipinski definition) is 5. The third-order valence-corrected chi connectivity index (χ3v) is 5.00. The Balaban J connectivity index is 0.00000385. The fourth-order valence-corrected chi connectivity index (χ4v) is 3.32. The second kappa shape index (κ2) is 13.7. The number of aliphatic imine (C=N–C) groups is 1. The molecule has 3 N–H and O–H groups in total. The molecule has 3 rings (SSSR count). The van der Waals surface area contributed by atoms with Gasteiger partial charge in [-0.15, -0.1) is 24.0 Å². The number of benzene rings is 1. The lowest BCUT2D eigenvalue weighted by atomic mass is 10.1. The highest BCUT2D eigenvalue weighted by Crippen LogP contribution is 2.15. The lowest BCUT2D eigenvalue weighted by molar-refractivity contribution is 0.0948. The number of guanidine groups is 1. The van der Waals surface area contributed by atoms with E-state index in [1.807, 2.05) is 31.2 Å². The number of furan rings is 1. The minimum absolute atomic E-state index is 0. The van der Waals surface area contributed by atoms with E-state index in [4.69, 9.17) is 8.94 Å². The molecular formula is C24H32IN5O3. The van der Waals surface area contributed by atoms with Gasteiger partial charge in [-0.2, -0.15) is 0 Å². The molecule has 2 aromatic heterocycles. The second-order valence-electron chi connectivity index (χ2n) is 7.25. The lowest BCUT2D eigenvalue weighted by Crippen LogP contribution is -2.37. The van der Waals surface area contributed by atoms with Crippen LogP contribution >= 0.6 is 24.0 Å². The highest BCUT2D eigenvalue weighted by molar-refractivity contribution is 14.0. The molecule has 2 heterocycles. The monoisotopic (exact) mass is 565 g/mol. The maximum Gasteiger partial charge on any atom is 0.251 e. The number of aromatic nitrogens is 1. The molecule has 0 atom stereocenters. The Kier molecular flexibility index (Phi) is 10.9. The molecular weight excluding hydrogens is 533 g/mol. The van der Waals surface area contributed by atoms with Crippen molar-refractivity contribution >= 4 is 35.8 Å². The van der Waals surface area contributed by atoms with E-state index in [9.17, 15) is 4.79 Å². The maximum absolute atomic E-state index is 12.5. The van der Waals surface area contributed by atoms with Gasteiger partial charge in [-0.3, -0.25) is 4.79 Å². The molecule has 1 aromatic carbocycles. The highest BCUT2D eigenvalue weighted by atomic mass is 127. The van der Waals surface area contributed by atoms with Gasteiger partial charge in [0.1, 0.15) is 11.5 Å². The van der Waals surface area contributed by atoms with Crippen LogP contribution in [0.2, 0.25) is 0 Å². The Hall–Kier alpha value is -2.82. The highest BCUT2D eigenvalue weighted by Gasteiger charge is 2.13. The summed E-state index contributed by atoms with van der Waals surface area (Å²) >= 11 is 0. The van der Waals surface area contributed by atoms with E-state index in [1.165, 1.54) is 0 Å². The lowest BCUT2D eigenvalue weighted by Gasteiger charge is -2.12. The summed E-state index contributed by atoms with van der Waals surface area (Å²) in [7, 11) is 0. The van der Waals surface area contributed by atoms with Crippen molar-refractivity contribution < 1.29 is 13.7 Å². The van der Waals surface area contributed by atoms with Gasteiger partial charge in [0.15, 0.2) is 5.96 Å². The first-order valence-electron chi connectivity index (χ1n) is 11.0. The number of rotatable bonds is 10. The summed E-state index contributed by atoms with van der Waals surface area (Å²) in [5, 5.41) is 13.7. The van der Waals surface area contributed by atoms with Crippen molar-refractivity contribution in [3.63, 3.8) is 0 Å². The molecule has 8 nitrogen and oxygen atoms in total. The Morgan fingerprint density at radius 3 is 2.58 bits per heavy atom. The molecule has 0 saturated heterocycles. The van der Waals surface area contributed by atoms with Crippen molar-refractivity contribution in [2.24, 2.45) is 4.99 Å². The van der Waals surface area contributed by atoms with Gasteiger partial charge >= 0.3 is 0 Å². The molecule has 0 aliphatic carbocycles. The first-order chi connectivity index (χ1) is 15.6. The van der Waals surface area contributed by atoms with Crippen molar-refractivity contribution in [1.82, 2.24) is 21.1 Å². The van der Waals surface area contributed by atoms with Crippen molar-refractivity contribution in [2.45, 2.75) is 53.2 Å². The predicted molar refractivity (Wildman–Crippen MR) is 139 cm³/mol. The Morgan fingerprint density at radius 2 is 1.88 bits per heavy atom. The number of nitrogens with zero attached hydrogens (tertiary/aromatic N) is 2. The summed E-state index contributed by atoms with van der Waals surface area (Å²) < 4.78 is 10.7. The van der Waals surface area contributed by atoms with E-state index in [0.717, 1.165) is 42.0 Å². The molecule has 178 valence electrons. The number of nitrogens with one attached hydrogen (secondary N) is 3. The van der Waals surface area contributed by atoms with Crippen LogP contribution < -0.4 is 16.0 Å². The average molecular weight is 565 g/mol. The Morgan fingerprint density at radius 1 is 1.03 bits per heavy atom. The third kappa shape index (κ3) is 7.62. The SMILES string of the molecule is CCNC(=NCc1cccc(C(=O)NCc2ccco2)c1)NCc1c(CC)noc1CC.I. The van der Waals surface area contributed by atoms with Gasteiger partial charge in [0.2, 0.25) is 0 Å². The van der Waals surface area contributed by atoms with E-state index in [-0.39, 0.29) is 29.9 Å². The van der Waals surface area contributed by atoms with Gasteiger partial charge in [0, 0.05) is 30.6 Å². The summed E-state index contributed by atoms with van der Waals surface area (Å²) in [4.78, 5) is 17.1. The van der Waals surface area contributed by atoms with E-state index >= 15 is 0 Å². The van der Waals surface area contributed by atoms with Crippen LogP contribution in [-0.2, 0) is 32.5 Å². The zero-order valence-electron chi connectivity index (χ0n) is 19.3. The maximum atomic E-state index is 12.5. The van der Waals surface area contributed by atoms with E-state index < -0.39 is 0 Å². The molecule has 33 heavy (non-hydrogen) atoms. The summed E-state index contributed by atoms with van der Waals surface area (Å²) in [6, 6.07) is 11.1. The smallest absolute Gasteiger partial charge is 0.251 e. The molecule has 0 spiro atoms. The quantitative estimate of drug-likeness (QED) is 0.194. The molecule has 0 aliphatic heterocycles. The number of aryl methyl sites for hydroxylation is 2. The molecule has 0 aliphatic rings. The van der Waals surface area contributed by atoms with Gasteiger partial charge in [-0.25, -0.2) is 4.99 Å². The number of carbonyl (C=O) groups excluding carboxylic acids is 1. The van der Waals surface area contributed by atoms with E-state index in [2.05, 4.69) is 39.9 Å². The van der Waals surface area contributed by atoms with E-state index in [0.29, 0.717) is 36.9 Å². The van der Waals surface area contributed by atoms with Crippen molar-refractivity contribution in [3.05, 3.63) is 76.6 Å². The molecule has 0 fully saturated rings. The van der Waals surface area contributed by atoms with Gasteiger partial charge in [-0.1, -0.05) is 31.1 Å². The second-order valence-corrected chi connectivity index (χ2v) is 7.25. The summed E-state index contributed by atoms with van der Waals surface area (Å²) in [6.45, 7) is 8.28. The van der Waals surface area contributed by atoms with Gasteiger partial charge in [0.05, 0.1) is 25.0 Å². The number of carbonyl (C=O) groups is 1. The number of halogens is 1. The molecule has 0 radical (unpaired) electrons. The van der Waals surface area contributed by atoms with Gasteiger partial charge < -0.3 is 24.9 Å². The topological polar surface area (TPSA) is 105 Å². The molecule has 3 aromatic rings. The minimum Gasteiger partial charge on any atom is -0.467 e. The zero-order chi connectivity index (χ0) is 22.8. The van der Waals surface area contributed by atoms with Crippen LogP contribution in [-0.4, -0.2) is 23.6 Å². The predicted octanol–water partition coefficient (Wildman–Crippen LogP) is 4.20. The van der Waals surface area contributed by atoms with Crippen LogP contribution in [0.15, 0.2) is 56.6 Å². The van der Waals surface area contributed by atoms with Crippen LogP contribution in [0.1, 0.15) is 59.5 Å². The van der Waals surface area contributed by atoms with Crippen LogP contribution in [0, 0.1) is 0 Å². The Bertz CT molecular complexity index is 1010. The number of amides is 1. The Labute approximate surface area is 211 Å². The molecule has 9 heteroatoms. The average Bonchev–Trinajstić information content (AvgIpc) is 3.48. The summed E-state index contributed by atoms with van der Waals surface area (Å²) in [5.74, 6) is 2.17. The molecule has 0 saturated carbocycles. The van der Waals surface area contributed by atoms with Crippen LogP contribution in [0.25, 0.3) is 0 Å². The fraction of sp³-hybridized carbons (Fsp3) is 0.375. The molecule has 0 bridgehead atoms. The summed E-state index contributed by atoms with van der Waals surface area (Å²) in [6.07, 6.45) is 3.21. The summed E-state index contributed by atoms with van der Waals surface area (Å²) in [5.41, 5.74) is 3.60. The standard InChI is InChI=1S/C24H31N5O3.HI/c1-4-21-20(22(5-2)32-29-21)16-28-24(25-6-3)27-14-17-9-7-10-18(13-17)23(30)26-15-19-11-8-12-31-19;/h7-13H,4-6,14-16H2,1-3H3,(H,26,30)(H2,25,27,28);1H. The van der Waals surface area contributed by atoms with E-state index in [1.54, 1.807) is 18.4 Å². The van der Waals surface area contributed by atoms with Crippen LogP contribution in [0.3, 0.4) is 0 Å². The minimum atomic E-state index is -0.149. The van der Waals surface area contributed by atoms with Crippen LogP contribution in [0.5, 0.6) is 0 Å². The fourth-order valence-electron chi connectivity index (χ4n) is 3.32. The van der Waals surface area contributed by atoms with Gasteiger partial charge in [0.25, 0.3) is 5.91 Å². The third-order valence-electron chi connectivity index (χ3n) is 5.00. The molecule has 1 amide bonds. The molecule has 0 unspecified atom stereocenters. The van der Waals surface area contributed by atoms with Crippen molar-refractivity contribution in [1.29, 1.82) is 0 Å². The largest absolute Gasteiger partial charge is 0.467 e. The zero-order valence-corrected chi connectivity index (χ0v) is 21.6. The van der Waals surface area contributed by atoms with Gasteiger partial charge in [-0.05, 0) is 43.2 Å². The van der Waals surface area contributed by atoms with Crippen LogP contribution in [0.4, 0.5) is 0 Å². The van der Waals surface area contributed by atoms with Crippen molar-refractivity contribution in [2.75, 3.05) is 6.54 Å². The number of hydrogen-bond donors (Lipinski definition) is 3. The normalized spacial score (nSPS) is 11.1. The first kappa shape index (κ1) is 26.4.